The van der Waals surface area contributed by atoms with Gasteiger partial charge < -0.3 is 9.26 Å². The summed E-state index contributed by atoms with van der Waals surface area (Å²) in [6.45, 7) is 0.918. The number of para-hydroxylation sites is 1. The van der Waals surface area contributed by atoms with Crippen molar-refractivity contribution in [1.82, 2.24) is 9.55 Å². The number of nitrogens with zero attached hydrogens (tertiary/aromatic N) is 1. The second-order valence-corrected chi connectivity index (χ2v) is 7.91. The van der Waals surface area contributed by atoms with E-state index in [9.17, 15) is 14.2 Å². The molecule has 5 atom stereocenters. The number of hydrogen-bond donors (Lipinski definition) is 1. The number of hydrogen-bond acceptors (Lipinski definition) is 7. The monoisotopic (exact) mass is 398 g/mol. The first-order valence-corrected chi connectivity index (χ1v) is 9.58. The Morgan fingerprint density at radius 3 is 2.74 bits per heavy atom. The first-order valence-electron chi connectivity index (χ1n) is 8.12. The van der Waals surface area contributed by atoms with E-state index in [0.29, 0.717) is 0 Å². The van der Waals surface area contributed by atoms with E-state index in [1.807, 2.05) is 4.98 Å². The Hall–Kier alpha value is -2.26. The van der Waals surface area contributed by atoms with Crippen LogP contribution in [-0.4, -0.2) is 34.0 Å². The maximum Gasteiger partial charge on any atom is 0.530 e. The Morgan fingerprint density at radius 2 is 2.04 bits per heavy atom. The molecule has 1 aromatic carbocycles. The molecule has 0 aliphatic carbocycles. The molecule has 0 amide bonds. The molecule has 1 N–H and O–H groups in total. The minimum atomic E-state index is -4.09. The molecule has 2 fully saturated rings. The van der Waals surface area contributed by atoms with Crippen molar-refractivity contribution >= 4 is 7.82 Å². The number of rotatable bonds is 3. The van der Waals surface area contributed by atoms with E-state index >= 15 is 4.39 Å². The van der Waals surface area contributed by atoms with Crippen LogP contribution in [0.3, 0.4) is 0 Å². The minimum absolute atomic E-state index is 0.243. The lowest BCUT2D eigenvalue weighted by Crippen LogP contribution is -2.46. The molecule has 144 valence electrons. The van der Waals surface area contributed by atoms with Gasteiger partial charge in [0.25, 0.3) is 5.56 Å². The van der Waals surface area contributed by atoms with Crippen molar-refractivity contribution in [2.45, 2.75) is 31.0 Å². The fraction of sp³-hybridized carbons (Fsp3) is 0.375. The third-order valence-corrected chi connectivity index (χ3v) is 5.77. The van der Waals surface area contributed by atoms with Crippen LogP contribution in [0.5, 0.6) is 5.75 Å². The summed E-state index contributed by atoms with van der Waals surface area (Å²) in [5, 5.41) is 0. The second kappa shape index (κ2) is 6.42. The predicted molar refractivity (Wildman–Crippen MR) is 90.2 cm³/mol. The van der Waals surface area contributed by atoms with Crippen LogP contribution >= 0.6 is 7.82 Å². The average Bonchev–Trinajstić information content (AvgIpc) is 2.86. The normalized spacial score (nSPS) is 35.6. The van der Waals surface area contributed by atoms with Crippen LogP contribution in [-0.2, 0) is 18.3 Å². The Morgan fingerprint density at radius 1 is 1.30 bits per heavy atom. The summed E-state index contributed by atoms with van der Waals surface area (Å²) in [6, 6.07) is 9.28. The minimum Gasteiger partial charge on any atom is -0.404 e. The van der Waals surface area contributed by atoms with Gasteiger partial charge in [-0.1, -0.05) is 18.2 Å². The fourth-order valence-electron chi connectivity index (χ4n) is 3.11. The number of alkyl halides is 1. The van der Waals surface area contributed by atoms with Crippen LogP contribution in [0.4, 0.5) is 4.39 Å². The number of benzene rings is 1. The van der Waals surface area contributed by atoms with Gasteiger partial charge in [0.15, 0.2) is 11.9 Å². The first kappa shape index (κ1) is 18.1. The second-order valence-electron chi connectivity index (χ2n) is 6.37. The smallest absolute Gasteiger partial charge is 0.404 e. The van der Waals surface area contributed by atoms with Crippen LogP contribution < -0.4 is 15.8 Å². The van der Waals surface area contributed by atoms with Gasteiger partial charge in [0.1, 0.15) is 18.0 Å². The van der Waals surface area contributed by atoms with Gasteiger partial charge in [-0.05, 0) is 19.1 Å². The molecule has 4 rings (SSSR count). The molecular formula is C16H16FN2O7P. The number of aromatic amines is 1. The zero-order valence-corrected chi connectivity index (χ0v) is 15.0. The zero-order valence-electron chi connectivity index (χ0n) is 14.1. The highest BCUT2D eigenvalue weighted by Crippen LogP contribution is 2.59. The standard InChI is InChI=1S/C16H16FN2O7P/c1-16(17)13-11(24-14(16)19-8-7-12(20)18-15(19)21)9-23-27(22,26-13)25-10-5-3-2-4-6-10/h2-8,11,13-14H,9H2,1H3,(H,18,20,21). The summed E-state index contributed by atoms with van der Waals surface area (Å²) in [6.07, 6.45) is -2.49. The van der Waals surface area contributed by atoms with Gasteiger partial charge in [0.2, 0.25) is 0 Å². The van der Waals surface area contributed by atoms with E-state index in [0.717, 1.165) is 23.8 Å². The van der Waals surface area contributed by atoms with Crippen molar-refractivity contribution in [2.24, 2.45) is 0 Å². The molecule has 0 bridgehead atoms. The van der Waals surface area contributed by atoms with Crippen LogP contribution in [0, 0.1) is 0 Å². The summed E-state index contributed by atoms with van der Waals surface area (Å²) in [7, 11) is -4.09. The lowest BCUT2D eigenvalue weighted by molar-refractivity contribution is -0.0681. The fourth-order valence-corrected chi connectivity index (χ4v) is 4.60. The average molecular weight is 398 g/mol. The number of ether oxygens (including phenoxy) is 1. The number of H-pyrrole nitrogens is 1. The van der Waals surface area contributed by atoms with Gasteiger partial charge in [-0.15, -0.1) is 0 Å². The number of halogens is 1. The number of aromatic nitrogens is 2. The highest BCUT2D eigenvalue weighted by atomic mass is 31.2. The van der Waals surface area contributed by atoms with Gasteiger partial charge in [0.05, 0.1) is 6.61 Å². The molecule has 2 aliphatic rings. The Kier molecular flexibility index (Phi) is 4.31. The molecule has 27 heavy (non-hydrogen) atoms. The largest absolute Gasteiger partial charge is 0.530 e. The van der Waals surface area contributed by atoms with E-state index in [1.54, 1.807) is 30.3 Å². The summed E-state index contributed by atoms with van der Waals surface area (Å²) >= 11 is 0. The number of nitrogens with one attached hydrogen (secondary N) is 1. The number of fused-ring (bicyclic) bond motifs is 1. The van der Waals surface area contributed by atoms with E-state index in [4.69, 9.17) is 18.3 Å². The molecule has 11 heteroatoms. The summed E-state index contributed by atoms with van der Waals surface area (Å²) < 4.78 is 50.6. The molecule has 2 aliphatic heterocycles. The third-order valence-electron chi connectivity index (χ3n) is 4.38. The lowest BCUT2D eigenvalue weighted by atomic mass is 9.98. The van der Waals surface area contributed by atoms with Crippen LogP contribution in [0.25, 0.3) is 0 Å². The van der Waals surface area contributed by atoms with Gasteiger partial charge in [-0.2, -0.15) is 0 Å². The van der Waals surface area contributed by atoms with Crippen molar-refractivity contribution < 1.29 is 27.3 Å². The highest BCUT2D eigenvalue weighted by Gasteiger charge is 2.62. The molecule has 5 unspecified atom stereocenters. The molecule has 9 nitrogen and oxygen atoms in total. The predicted octanol–water partition coefficient (Wildman–Crippen LogP) is 1.76. The zero-order chi connectivity index (χ0) is 19.2. The van der Waals surface area contributed by atoms with Crippen LogP contribution in [0.1, 0.15) is 13.2 Å². The molecule has 1 aromatic heterocycles. The topological polar surface area (TPSA) is 109 Å². The van der Waals surface area contributed by atoms with Gasteiger partial charge in [-0.3, -0.25) is 23.4 Å². The van der Waals surface area contributed by atoms with E-state index in [2.05, 4.69) is 0 Å². The molecule has 0 saturated carbocycles. The maximum absolute atomic E-state index is 15.5. The van der Waals surface area contributed by atoms with Crippen molar-refractivity contribution in [3.8, 4) is 5.75 Å². The Labute approximate surface area is 152 Å². The van der Waals surface area contributed by atoms with Crippen LogP contribution in [0.2, 0.25) is 0 Å². The van der Waals surface area contributed by atoms with Crippen molar-refractivity contribution in [1.29, 1.82) is 0 Å². The van der Waals surface area contributed by atoms with E-state index < -0.39 is 43.2 Å². The maximum atomic E-state index is 15.5. The van der Waals surface area contributed by atoms with Gasteiger partial charge >= 0.3 is 13.5 Å². The summed E-state index contributed by atoms with van der Waals surface area (Å²) in [5.74, 6) is 0.243. The summed E-state index contributed by atoms with van der Waals surface area (Å²) in [5.41, 5.74) is -3.70. The van der Waals surface area contributed by atoms with E-state index in [1.165, 1.54) is 0 Å². The Balaban J connectivity index is 1.61. The quantitative estimate of drug-likeness (QED) is 0.785. The molecule has 0 radical (unpaired) electrons. The van der Waals surface area contributed by atoms with E-state index in [-0.39, 0.29) is 12.4 Å². The Bertz CT molecular complexity index is 1010. The molecule has 2 saturated heterocycles. The highest BCUT2D eigenvalue weighted by molar-refractivity contribution is 7.49. The molecule has 0 spiro atoms. The molecular weight excluding hydrogens is 382 g/mol. The lowest BCUT2D eigenvalue weighted by Gasteiger charge is -2.33. The summed E-state index contributed by atoms with van der Waals surface area (Å²) in [4.78, 5) is 25.3. The SMILES string of the molecule is CC1(F)C2OP(=O)(Oc3ccccc3)OCC2OC1n1ccc(=O)[nH]c1=O. The van der Waals surface area contributed by atoms with Crippen molar-refractivity contribution in [3.63, 3.8) is 0 Å². The van der Waals surface area contributed by atoms with Crippen molar-refractivity contribution in [2.75, 3.05) is 6.61 Å². The van der Waals surface area contributed by atoms with Gasteiger partial charge in [-0.25, -0.2) is 13.8 Å². The number of phosphoric acid groups is 1. The number of phosphoric ester groups is 1. The van der Waals surface area contributed by atoms with Crippen molar-refractivity contribution in [3.05, 3.63) is 63.4 Å². The van der Waals surface area contributed by atoms with Crippen LogP contribution in [0.15, 0.2) is 52.2 Å². The molecule has 3 heterocycles. The first-order chi connectivity index (χ1) is 12.8. The third kappa shape index (κ3) is 3.25. The van der Waals surface area contributed by atoms with Gasteiger partial charge in [0, 0.05) is 12.3 Å². The molecule has 2 aromatic rings.